The second-order valence-electron chi connectivity index (χ2n) is 12.2. The predicted octanol–water partition coefficient (Wildman–Crippen LogP) is 8.51. The molecular weight excluding hydrogens is 671 g/mol. The Morgan fingerprint density at radius 1 is 1.00 bits per heavy atom. The molecule has 1 fully saturated rings. The lowest BCUT2D eigenvalue weighted by atomic mass is 9.94. The maximum Gasteiger partial charge on any atom is 0.301 e. The Morgan fingerprint density at radius 2 is 1.84 bits per heavy atom. The van der Waals surface area contributed by atoms with Gasteiger partial charge in [0.25, 0.3) is 5.78 Å². The summed E-state index contributed by atoms with van der Waals surface area (Å²) < 4.78 is 18.5. The summed E-state index contributed by atoms with van der Waals surface area (Å²) in [6.07, 6.45) is 2.55. The maximum atomic E-state index is 13.9. The van der Waals surface area contributed by atoms with Gasteiger partial charge >= 0.3 is 5.91 Å². The molecule has 2 atom stereocenters. The molecule has 1 aromatic heterocycles. The Balaban J connectivity index is 1.27. The highest BCUT2D eigenvalue weighted by atomic mass is 32.2. The Bertz CT molecular complexity index is 2110. The fourth-order valence-electron chi connectivity index (χ4n) is 6.39. The molecular formula is C39H37N3O6S2. The number of nitrogens with zero attached hydrogens (tertiary/aromatic N) is 3. The average molecular weight is 708 g/mol. The van der Waals surface area contributed by atoms with E-state index >= 15 is 0 Å². The van der Waals surface area contributed by atoms with E-state index in [1.54, 1.807) is 30.3 Å². The van der Waals surface area contributed by atoms with Gasteiger partial charge in [0.05, 0.1) is 24.8 Å². The highest BCUT2D eigenvalue weighted by Crippen LogP contribution is 2.46. The predicted molar refractivity (Wildman–Crippen MR) is 196 cm³/mol. The number of hydrogen-bond acceptors (Lipinski definition) is 10. The van der Waals surface area contributed by atoms with Gasteiger partial charge in [-0.05, 0) is 78.1 Å². The number of ether oxygens (including phenoxy) is 3. The first kappa shape index (κ1) is 33.6. The number of ketones is 1. The number of aliphatic hydroxyl groups excluding tert-OH is 1. The zero-order valence-electron chi connectivity index (χ0n) is 28.0. The zero-order chi connectivity index (χ0) is 34.8. The van der Waals surface area contributed by atoms with E-state index in [1.807, 2.05) is 38.1 Å². The number of thioether (sulfide) groups is 1. The molecule has 0 radical (unpaired) electrons. The van der Waals surface area contributed by atoms with E-state index in [0.717, 1.165) is 40.5 Å². The molecule has 4 aromatic carbocycles. The number of unbranched alkanes of at least 4 members (excludes halogenated alkanes) is 1. The minimum absolute atomic E-state index is 0.00750. The monoisotopic (exact) mass is 707 g/mol. The molecule has 5 aromatic rings. The van der Waals surface area contributed by atoms with Gasteiger partial charge in [0.2, 0.25) is 5.13 Å². The molecule has 11 heteroatoms. The number of rotatable bonds is 12. The SMILES string of the molecule is CCCCOc1ccc([C@H]2C(=C(O)c3ccc4c(c3)C[C@H](C)O4)C(=O)C(=O)N2c2nnc(SCc3cccc4ccccc34)s2)cc1OCC. The van der Waals surface area contributed by atoms with Gasteiger partial charge in [-0.3, -0.25) is 14.5 Å². The van der Waals surface area contributed by atoms with Crippen molar-refractivity contribution < 1.29 is 28.9 Å². The number of hydrogen-bond donors (Lipinski definition) is 1. The molecule has 0 bridgehead atoms. The first-order chi connectivity index (χ1) is 24.4. The number of fused-ring (bicyclic) bond motifs is 2. The van der Waals surface area contributed by atoms with Crippen molar-refractivity contribution >= 4 is 56.5 Å². The van der Waals surface area contributed by atoms with Gasteiger partial charge in [-0.2, -0.15) is 0 Å². The van der Waals surface area contributed by atoms with Crippen molar-refractivity contribution in [2.45, 2.75) is 62.3 Å². The number of anilines is 1. The Kier molecular flexibility index (Phi) is 9.78. The highest BCUT2D eigenvalue weighted by Gasteiger charge is 2.48. The van der Waals surface area contributed by atoms with Crippen molar-refractivity contribution in [3.8, 4) is 17.2 Å². The van der Waals surface area contributed by atoms with Crippen LogP contribution >= 0.6 is 23.1 Å². The van der Waals surface area contributed by atoms with Crippen LogP contribution in [0, 0.1) is 0 Å². The van der Waals surface area contributed by atoms with Crippen LogP contribution in [0.2, 0.25) is 0 Å². The van der Waals surface area contributed by atoms with Crippen LogP contribution in [0.1, 0.15) is 61.9 Å². The van der Waals surface area contributed by atoms with E-state index < -0.39 is 17.7 Å². The lowest BCUT2D eigenvalue weighted by Gasteiger charge is -2.23. The Morgan fingerprint density at radius 3 is 2.68 bits per heavy atom. The van der Waals surface area contributed by atoms with Crippen LogP contribution in [0.3, 0.4) is 0 Å². The van der Waals surface area contributed by atoms with E-state index in [4.69, 9.17) is 14.2 Å². The third-order valence-corrected chi connectivity index (χ3v) is 10.9. The molecule has 0 spiro atoms. The maximum absolute atomic E-state index is 13.9. The highest BCUT2D eigenvalue weighted by molar-refractivity contribution is 8.00. The van der Waals surface area contributed by atoms with E-state index in [-0.39, 0.29) is 22.6 Å². The zero-order valence-corrected chi connectivity index (χ0v) is 29.7. The smallest absolute Gasteiger partial charge is 0.301 e. The summed E-state index contributed by atoms with van der Waals surface area (Å²) in [5, 5.41) is 23.2. The number of aromatic nitrogens is 2. The molecule has 2 aliphatic heterocycles. The van der Waals surface area contributed by atoms with Crippen LogP contribution in [0.15, 0.2) is 88.8 Å². The Hall–Kier alpha value is -4.87. The fourth-order valence-corrected chi connectivity index (χ4v) is 8.27. The average Bonchev–Trinajstić information content (AvgIpc) is 3.82. The molecule has 9 nitrogen and oxygen atoms in total. The summed E-state index contributed by atoms with van der Waals surface area (Å²) in [6, 6.07) is 24.1. The molecule has 1 amide bonds. The number of benzene rings is 4. The van der Waals surface area contributed by atoms with Crippen molar-refractivity contribution in [2.75, 3.05) is 18.1 Å². The van der Waals surface area contributed by atoms with Crippen LogP contribution in [-0.4, -0.2) is 46.3 Å². The largest absolute Gasteiger partial charge is 0.507 e. The summed E-state index contributed by atoms with van der Waals surface area (Å²) >= 11 is 2.75. The summed E-state index contributed by atoms with van der Waals surface area (Å²) in [5.74, 6) is 0.575. The van der Waals surface area contributed by atoms with Gasteiger partial charge in [0.15, 0.2) is 15.8 Å². The van der Waals surface area contributed by atoms with Gasteiger partial charge in [-0.15, -0.1) is 10.2 Å². The van der Waals surface area contributed by atoms with Crippen LogP contribution in [0.5, 0.6) is 17.2 Å². The first-order valence-corrected chi connectivity index (χ1v) is 18.6. The fraction of sp³-hybridized carbons (Fsp3) is 0.282. The number of amides is 1. The van der Waals surface area contributed by atoms with Crippen LogP contribution < -0.4 is 19.1 Å². The first-order valence-electron chi connectivity index (χ1n) is 16.8. The van der Waals surface area contributed by atoms with Gasteiger partial charge in [0, 0.05) is 17.7 Å². The molecule has 2 aliphatic rings. The molecule has 0 saturated carbocycles. The van der Waals surface area contributed by atoms with Gasteiger partial charge < -0.3 is 19.3 Å². The van der Waals surface area contributed by atoms with Crippen LogP contribution in [0.25, 0.3) is 16.5 Å². The topological polar surface area (TPSA) is 111 Å². The van der Waals surface area contributed by atoms with E-state index in [2.05, 4.69) is 41.4 Å². The van der Waals surface area contributed by atoms with Crippen LogP contribution in [-0.2, 0) is 21.8 Å². The quantitative estimate of drug-likeness (QED) is 0.0341. The van der Waals surface area contributed by atoms with Gasteiger partial charge in [0.1, 0.15) is 17.6 Å². The van der Waals surface area contributed by atoms with Crippen molar-refractivity contribution in [1.29, 1.82) is 0 Å². The van der Waals surface area contributed by atoms with Crippen molar-refractivity contribution in [3.63, 3.8) is 0 Å². The van der Waals surface area contributed by atoms with Crippen LogP contribution in [0.4, 0.5) is 5.13 Å². The second-order valence-corrected chi connectivity index (χ2v) is 14.4. The number of aliphatic hydroxyl groups is 1. The summed E-state index contributed by atoms with van der Waals surface area (Å²) in [4.78, 5) is 29.2. The van der Waals surface area contributed by atoms with E-state index in [0.29, 0.717) is 52.4 Å². The Labute approximate surface area is 298 Å². The minimum atomic E-state index is -0.994. The molecule has 1 N–H and O–H groups in total. The second kappa shape index (κ2) is 14.5. The van der Waals surface area contributed by atoms with Gasteiger partial charge in [-0.1, -0.05) is 85.0 Å². The normalized spacial score (nSPS) is 18.0. The number of Topliss-reactive ketones (excluding diaryl/α,β-unsaturated/α-hetero) is 1. The summed E-state index contributed by atoms with van der Waals surface area (Å²) in [5.41, 5.74) is 3.04. The number of carbonyl (C=O) groups is 2. The molecule has 7 rings (SSSR count). The molecule has 50 heavy (non-hydrogen) atoms. The minimum Gasteiger partial charge on any atom is -0.507 e. The van der Waals surface area contributed by atoms with Gasteiger partial charge in [-0.25, -0.2) is 0 Å². The summed E-state index contributed by atoms with van der Waals surface area (Å²) in [6.45, 7) is 6.86. The van der Waals surface area contributed by atoms with Crippen molar-refractivity contribution in [2.24, 2.45) is 0 Å². The lowest BCUT2D eigenvalue weighted by molar-refractivity contribution is -0.132. The van der Waals surface area contributed by atoms with E-state index in [1.165, 1.54) is 28.0 Å². The van der Waals surface area contributed by atoms with Crippen molar-refractivity contribution in [3.05, 3.63) is 107 Å². The molecule has 0 aliphatic carbocycles. The third-order valence-electron chi connectivity index (χ3n) is 8.79. The van der Waals surface area contributed by atoms with E-state index in [9.17, 15) is 14.7 Å². The third kappa shape index (κ3) is 6.55. The van der Waals surface area contributed by atoms with Crippen molar-refractivity contribution in [1.82, 2.24) is 10.2 Å². The molecule has 3 heterocycles. The molecule has 256 valence electrons. The molecule has 0 unspecified atom stereocenters. The standard InChI is InChI=1S/C39H37N3O6S2/c1-4-6-18-47-31-17-14-25(21-32(31)46-5-2)34-33(35(43)26-15-16-30-28(20-26)19-23(3)48-30)36(44)37(45)42(34)38-40-41-39(50-38)49-22-27-12-9-11-24-10-7-8-13-29(24)27/h7-17,20-21,23,34,43H,4-6,18-19,22H2,1-3H3/t23-,34-/m0/s1. The molecule has 1 saturated heterocycles. The lowest BCUT2D eigenvalue weighted by Crippen LogP contribution is -2.29. The summed E-state index contributed by atoms with van der Waals surface area (Å²) in [7, 11) is 0. The number of carbonyl (C=O) groups excluding carboxylic acids is 2.